The summed E-state index contributed by atoms with van der Waals surface area (Å²) in [5.74, 6) is 0.536. The molecule has 1 unspecified atom stereocenters. The third-order valence-electron chi connectivity index (χ3n) is 1.91. The van der Waals surface area contributed by atoms with E-state index in [1.165, 1.54) is 0 Å². The van der Waals surface area contributed by atoms with Gasteiger partial charge in [0.1, 0.15) is 11.8 Å². The average molecular weight is 270 g/mol. The van der Waals surface area contributed by atoms with Gasteiger partial charge in [0.2, 0.25) is 0 Å². The molecule has 0 heterocycles. The molecule has 2 atom stereocenters. The van der Waals surface area contributed by atoms with Crippen molar-refractivity contribution < 1.29 is 9.84 Å². The molecule has 0 saturated carbocycles. The van der Waals surface area contributed by atoms with E-state index in [4.69, 9.17) is 10.00 Å². The van der Waals surface area contributed by atoms with Gasteiger partial charge in [-0.1, -0.05) is 22.0 Å². The maximum atomic E-state index is 9.50. The van der Waals surface area contributed by atoms with Crippen molar-refractivity contribution in [2.24, 2.45) is 0 Å². The number of benzene rings is 1. The zero-order valence-corrected chi connectivity index (χ0v) is 10.2. The number of halogens is 1. The van der Waals surface area contributed by atoms with Crippen LogP contribution in [-0.4, -0.2) is 11.2 Å². The first-order chi connectivity index (χ1) is 7.04. The van der Waals surface area contributed by atoms with Crippen molar-refractivity contribution >= 4 is 15.9 Å². The van der Waals surface area contributed by atoms with E-state index in [0.717, 1.165) is 4.47 Å². The van der Waals surface area contributed by atoms with E-state index in [1.807, 2.05) is 12.1 Å². The van der Waals surface area contributed by atoms with Crippen LogP contribution in [0.1, 0.15) is 25.5 Å². The molecule has 0 aromatic heterocycles. The molecule has 80 valence electrons. The highest BCUT2D eigenvalue weighted by atomic mass is 79.9. The second kappa shape index (κ2) is 5.15. The van der Waals surface area contributed by atoms with Gasteiger partial charge in [-0.25, -0.2) is 0 Å². The largest absolute Gasteiger partial charge is 0.475 e. The van der Waals surface area contributed by atoms with Gasteiger partial charge in [0.25, 0.3) is 0 Å². The fourth-order valence-corrected chi connectivity index (χ4v) is 1.51. The molecule has 0 fully saturated rings. The Hall–Kier alpha value is -1.05. The van der Waals surface area contributed by atoms with Crippen LogP contribution in [0.5, 0.6) is 5.75 Å². The van der Waals surface area contributed by atoms with Gasteiger partial charge in [-0.2, -0.15) is 5.26 Å². The number of nitrogens with zero attached hydrogens (tertiary/aromatic N) is 1. The number of nitriles is 1. The quantitative estimate of drug-likeness (QED) is 0.918. The lowest BCUT2D eigenvalue weighted by atomic mass is 10.1. The van der Waals surface area contributed by atoms with Crippen molar-refractivity contribution in [1.82, 2.24) is 0 Å². The van der Waals surface area contributed by atoms with Crippen LogP contribution in [0.4, 0.5) is 0 Å². The lowest BCUT2D eigenvalue weighted by Crippen LogP contribution is -2.10. The highest BCUT2D eigenvalue weighted by Crippen LogP contribution is 2.29. The molecule has 0 bridgehead atoms. The third kappa shape index (κ3) is 3.22. The summed E-state index contributed by atoms with van der Waals surface area (Å²) < 4.78 is 6.24. The van der Waals surface area contributed by atoms with Crippen LogP contribution < -0.4 is 4.74 Å². The minimum atomic E-state index is -0.612. The molecule has 3 nitrogen and oxygen atoms in total. The van der Waals surface area contributed by atoms with Crippen molar-refractivity contribution in [2.75, 3.05) is 0 Å². The minimum Gasteiger partial charge on any atom is -0.475 e. The molecule has 0 aliphatic heterocycles. The number of aliphatic hydroxyl groups is 1. The topological polar surface area (TPSA) is 53.2 Å². The van der Waals surface area contributed by atoms with Crippen LogP contribution in [0.15, 0.2) is 22.7 Å². The monoisotopic (exact) mass is 269 g/mol. The van der Waals surface area contributed by atoms with E-state index in [2.05, 4.69) is 15.9 Å². The van der Waals surface area contributed by atoms with Gasteiger partial charge in [0, 0.05) is 10.0 Å². The van der Waals surface area contributed by atoms with E-state index in [1.54, 1.807) is 26.0 Å². The van der Waals surface area contributed by atoms with Gasteiger partial charge < -0.3 is 9.84 Å². The SMILES string of the molecule is CC(C#N)Oc1cc(Br)ccc1[C@@H](C)O. The smallest absolute Gasteiger partial charge is 0.181 e. The Morgan fingerprint density at radius 1 is 1.47 bits per heavy atom. The normalized spacial score (nSPS) is 14.1. The van der Waals surface area contributed by atoms with Crippen molar-refractivity contribution in [2.45, 2.75) is 26.1 Å². The molecule has 1 aromatic carbocycles. The summed E-state index contributed by atoms with van der Waals surface area (Å²) in [5, 5.41) is 18.1. The van der Waals surface area contributed by atoms with Crippen LogP contribution in [0, 0.1) is 11.3 Å². The van der Waals surface area contributed by atoms with Gasteiger partial charge in [-0.15, -0.1) is 0 Å². The molecule has 0 amide bonds. The Kier molecular flexibility index (Phi) is 4.13. The molecule has 0 aliphatic carbocycles. The van der Waals surface area contributed by atoms with Gasteiger partial charge >= 0.3 is 0 Å². The summed E-state index contributed by atoms with van der Waals surface area (Å²) in [4.78, 5) is 0. The number of rotatable bonds is 3. The van der Waals surface area contributed by atoms with Crippen molar-refractivity contribution in [3.63, 3.8) is 0 Å². The van der Waals surface area contributed by atoms with Crippen molar-refractivity contribution in [3.05, 3.63) is 28.2 Å². The molecular formula is C11H12BrNO2. The summed E-state index contributed by atoms with van der Waals surface area (Å²) in [5.41, 5.74) is 0.681. The first kappa shape index (κ1) is 12.0. The van der Waals surface area contributed by atoms with Gasteiger partial charge in [0.05, 0.1) is 6.10 Å². The maximum Gasteiger partial charge on any atom is 0.181 e. The van der Waals surface area contributed by atoms with Gasteiger partial charge in [-0.3, -0.25) is 0 Å². The van der Waals surface area contributed by atoms with Crippen molar-refractivity contribution in [1.29, 1.82) is 5.26 Å². The van der Waals surface area contributed by atoms with E-state index in [9.17, 15) is 5.11 Å². The average Bonchev–Trinajstić information content (AvgIpc) is 2.17. The third-order valence-corrected chi connectivity index (χ3v) is 2.40. The molecule has 4 heteroatoms. The Morgan fingerprint density at radius 3 is 2.67 bits per heavy atom. The highest BCUT2D eigenvalue weighted by Gasteiger charge is 2.12. The summed E-state index contributed by atoms with van der Waals surface area (Å²) in [6.45, 7) is 3.32. The molecule has 1 N–H and O–H groups in total. The molecule has 1 rings (SSSR count). The van der Waals surface area contributed by atoms with E-state index < -0.39 is 12.2 Å². The number of ether oxygens (including phenoxy) is 1. The fourth-order valence-electron chi connectivity index (χ4n) is 1.17. The molecule has 0 saturated heterocycles. The number of hydrogen-bond donors (Lipinski definition) is 1. The first-order valence-electron chi connectivity index (χ1n) is 4.58. The molecular weight excluding hydrogens is 258 g/mol. The molecule has 1 aromatic rings. The number of aliphatic hydroxyl groups excluding tert-OH is 1. The van der Waals surface area contributed by atoms with Crippen molar-refractivity contribution in [3.8, 4) is 11.8 Å². The molecule has 15 heavy (non-hydrogen) atoms. The first-order valence-corrected chi connectivity index (χ1v) is 5.37. The summed E-state index contributed by atoms with van der Waals surface area (Å²) in [6, 6.07) is 7.32. The summed E-state index contributed by atoms with van der Waals surface area (Å²) in [7, 11) is 0. The van der Waals surface area contributed by atoms with Gasteiger partial charge in [-0.05, 0) is 26.0 Å². The predicted octanol–water partition coefficient (Wildman–Crippen LogP) is 2.79. The molecule has 0 aliphatic rings. The second-order valence-corrected chi connectivity index (χ2v) is 4.16. The zero-order valence-electron chi connectivity index (χ0n) is 8.57. The lowest BCUT2D eigenvalue weighted by Gasteiger charge is -2.14. The Bertz CT molecular complexity index is 385. The standard InChI is InChI=1S/C11H12BrNO2/c1-7(6-13)15-11-5-9(12)3-4-10(11)8(2)14/h3-5,7-8,14H,1-2H3/t7?,8-/m1/s1. The Morgan fingerprint density at radius 2 is 2.13 bits per heavy atom. The highest BCUT2D eigenvalue weighted by molar-refractivity contribution is 9.10. The number of hydrogen-bond acceptors (Lipinski definition) is 3. The zero-order chi connectivity index (χ0) is 11.4. The Labute approximate surface area is 97.4 Å². The summed E-state index contributed by atoms with van der Waals surface area (Å²) in [6.07, 6.45) is -1.14. The maximum absolute atomic E-state index is 9.50. The fraction of sp³-hybridized carbons (Fsp3) is 0.364. The van der Waals surface area contributed by atoms with E-state index in [0.29, 0.717) is 11.3 Å². The van der Waals surface area contributed by atoms with E-state index >= 15 is 0 Å². The second-order valence-electron chi connectivity index (χ2n) is 3.25. The van der Waals surface area contributed by atoms with Crippen LogP contribution in [-0.2, 0) is 0 Å². The summed E-state index contributed by atoms with van der Waals surface area (Å²) >= 11 is 3.31. The predicted molar refractivity (Wildman–Crippen MR) is 60.5 cm³/mol. The lowest BCUT2D eigenvalue weighted by molar-refractivity contribution is 0.187. The van der Waals surface area contributed by atoms with Crippen LogP contribution in [0.25, 0.3) is 0 Å². The molecule has 0 radical (unpaired) electrons. The van der Waals surface area contributed by atoms with E-state index in [-0.39, 0.29) is 0 Å². The minimum absolute atomic E-state index is 0.531. The van der Waals surface area contributed by atoms with Crippen LogP contribution in [0.2, 0.25) is 0 Å². The Balaban J connectivity index is 3.03. The van der Waals surface area contributed by atoms with Crippen LogP contribution >= 0.6 is 15.9 Å². The molecule has 0 spiro atoms. The van der Waals surface area contributed by atoms with Crippen LogP contribution in [0.3, 0.4) is 0 Å². The van der Waals surface area contributed by atoms with Gasteiger partial charge in [0.15, 0.2) is 6.10 Å².